The van der Waals surface area contributed by atoms with Crippen molar-refractivity contribution < 1.29 is 13.2 Å². The van der Waals surface area contributed by atoms with Crippen LogP contribution in [0.25, 0.3) is 0 Å². The monoisotopic (exact) mass is 346 g/mol. The highest BCUT2D eigenvalue weighted by atomic mass is 19.4. The highest BCUT2D eigenvalue weighted by molar-refractivity contribution is 5.40. The van der Waals surface area contributed by atoms with Crippen LogP contribution in [0.15, 0.2) is 42.5 Å². The summed E-state index contributed by atoms with van der Waals surface area (Å²) in [5, 5.41) is 8.95. The Labute approximate surface area is 144 Å². The van der Waals surface area contributed by atoms with E-state index in [4.69, 9.17) is 5.26 Å². The zero-order valence-electron chi connectivity index (χ0n) is 13.5. The minimum absolute atomic E-state index is 0.362. The smallest absolute Gasteiger partial charge is 0.354 e. The maximum atomic E-state index is 12.8. The molecule has 1 aliphatic heterocycles. The number of alkyl halides is 3. The third-order valence-electron chi connectivity index (χ3n) is 4.18. The van der Waals surface area contributed by atoms with Gasteiger partial charge in [-0.3, -0.25) is 4.90 Å². The highest BCUT2D eigenvalue weighted by Crippen LogP contribution is 2.29. The number of anilines is 1. The second-order valence-electron chi connectivity index (χ2n) is 5.95. The van der Waals surface area contributed by atoms with Crippen molar-refractivity contribution in [3.8, 4) is 6.07 Å². The van der Waals surface area contributed by atoms with E-state index >= 15 is 0 Å². The minimum atomic E-state index is -4.43. The molecule has 1 aromatic heterocycles. The van der Waals surface area contributed by atoms with Crippen LogP contribution in [0.3, 0.4) is 0 Å². The van der Waals surface area contributed by atoms with E-state index < -0.39 is 11.9 Å². The van der Waals surface area contributed by atoms with Crippen molar-refractivity contribution in [2.75, 3.05) is 31.1 Å². The zero-order chi connectivity index (χ0) is 17.9. The second kappa shape index (κ2) is 7.11. The van der Waals surface area contributed by atoms with E-state index in [1.54, 1.807) is 12.1 Å². The van der Waals surface area contributed by atoms with Crippen LogP contribution in [0.1, 0.15) is 16.8 Å². The van der Waals surface area contributed by atoms with Gasteiger partial charge < -0.3 is 4.90 Å². The number of nitriles is 1. The van der Waals surface area contributed by atoms with Gasteiger partial charge in [0.15, 0.2) is 0 Å². The Bertz CT molecular complexity index is 774. The fourth-order valence-electron chi connectivity index (χ4n) is 2.89. The van der Waals surface area contributed by atoms with Crippen molar-refractivity contribution >= 4 is 5.82 Å². The van der Waals surface area contributed by atoms with Gasteiger partial charge in [0, 0.05) is 32.7 Å². The van der Waals surface area contributed by atoms with Crippen LogP contribution in [0, 0.1) is 11.3 Å². The standard InChI is InChI=1S/C18H17F3N4/c19-18(20,21)16-5-2-6-17(23-16)25-9-7-24(8-10-25)13-15-4-1-3-14(11-15)12-22/h1-6,11H,7-10,13H2. The molecule has 3 rings (SSSR count). The van der Waals surface area contributed by atoms with Crippen LogP contribution < -0.4 is 4.90 Å². The fraction of sp³-hybridized carbons (Fsp3) is 0.333. The molecule has 0 bridgehead atoms. The lowest BCUT2D eigenvalue weighted by Crippen LogP contribution is -2.46. The Morgan fingerprint density at radius 2 is 1.76 bits per heavy atom. The number of benzene rings is 1. The Morgan fingerprint density at radius 1 is 1.04 bits per heavy atom. The van der Waals surface area contributed by atoms with E-state index in [2.05, 4.69) is 16.0 Å². The lowest BCUT2D eigenvalue weighted by atomic mass is 10.1. The Morgan fingerprint density at radius 3 is 2.44 bits per heavy atom. The normalized spacial score (nSPS) is 15.8. The molecular formula is C18H17F3N4. The van der Waals surface area contributed by atoms with Crippen LogP contribution in [0.4, 0.5) is 19.0 Å². The molecular weight excluding hydrogens is 329 g/mol. The molecule has 0 radical (unpaired) electrons. The van der Waals surface area contributed by atoms with E-state index in [0.29, 0.717) is 24.5 Å². The van der Waals surface area contributed by atoms with Gasteiger partial charge in [0.2, 0.25) is 0 Å². The molecule has 1 aliphatic rings. The number of aromatic nitrogens is 1. The summed E-state index contributed by atoms with van der Waals surface area (Å²) in [6.07, 6.45) is -4.43. The van der Waals surface area contributed by atoms with Crippen LogP contribution in [-0.4, -0.2) is 36.1 Å². The number of nitrogens with zero attached hydrogens (tertiary/aromatic N) is 4. The largest absolute Gasteiger partial charge is 0.433 e. The first-order valence-electron chi connectivity index (χ1n) is 7.96. The van der Waals surface area contributed by atoms with Crippen LogP contribution in [0.5, 0.6) is 0 Å². The van der Waals surface area contributed by atoms with Gasteiger partial charge in [-0.15, -0.1) is 0 Å². The van der Waals surface area contributed by atoms with Gasteiger partial charge in [-0.25, -0.2) is 4.98 Å². The molecule has 1 aromatic carbocycles. The fourth-order valence-corrected chi connectivity index (χ4v) is 2.89. The topological polar surface area (TPSA) is 43.2 Å². The molecule has 130 valence electrons. The highest BCUT2D eigenvalue weighted by Gasteiger charge is 2.33. The van der Waals surface area contributed by atoms with Crippen molar-refractivity contribution in [2.45, 2.75) is 12.7 Å². The zero-order valence-corrected chi connectivity index (χ0v) is 13.5. The Kier molecular flexibility index (Phi) is 4.91. The number of piperazine rings is 1. The molecule has 0 unspecified atom stereocenters. The third kappa shape index (κ3) is 4.28. The van der Waals surface area contributed by atoms with E-state index in [0.717, 1.165) is 31.3 Å². The predicted octanol–water partition coefficient (Wildman–Crippen LogP) is 3.29. The predicted molar refractivity (Wildman–Crippen MR) is 87.9 cm³/mol. The Hall–Kier alpha value is -2.59. The lowest BCUT2D eigenvalue weighted by Gasteiger charge is -2.35. The summed E-state index contributed by atoms with van der Waals surface area (Å²) < 4.78 is 38.4. The van der Waals surface area contributed by atoms with Gasteiger partial charge in [0.25, 0.3) is 0 Å². The van der Waals surface area contributed by atoms with Crippen molar-refractivity contribution in [3.63, 3.8) is 0 Å². The van der Waals surface area contributed by atoms with Crippen molar-refractivity contribution in [1.82, 2.24) is 9.88 Å². The molecule has 0 amide bonds. The molecule has 7 heteroatoms. The van der Waals surface area contributed by atoms with Gasteiger partial charge in [-0.05, 0) is 29.8 Å². The van der Waals surface area contributed by atoms with Gasteiger partial charge in [-0.1, -0.05) is 18.2 Å². The molecule has 2 aromatic rings. The quantitative estimate of drug-likeness (QED) is 0.855. The maximum Gasteiger partial charge on any atom is 0.433 e. The molecule has 0 spiro atoms. The summed E-state index contributed by atoms with van der Waals surface area (Å²) in [5.41, 5.74) is 0.828. The van der Waals surface area contributed by atoms with E-state index in [1.165, 1.54) is 6.07 Å². The average Bonchev–Trinajstić information content (AvgIpc) is 2.62. The molecule has 1 fully saturated rings. The maximum absolute atomic E-state index is 12.8. The van der Waals surface area contributed by atoms with Crippen LogP contribution >= 0.6 is 0 Å². The minimum Gasteiger partial charge on any atom is -0.354 e. The molecule has 0 N–H and O–H groups in total. The van der Waals surface area contributed by atoms with Crippen molar-refractivity contribution in [2.24, 2.45) is 0 Å². The summed E-state index contributed by atoms with van der Waals surface area (Å²) in [5.74, 6) is 0.362. The summed E-state index contributed by atoms with van der Waals surface area (Å²) in [7, 11) is 0. The number of pyridine rings is 1. The molecule has 1 saturated heterocycles. The van der Waals surface area contributed by atoms with E-state index in [1.807, 2.05) is 23.1 Å². The van der Waals surface area contributed by atoms with Gasteiger partial charge >= 0.3 is 6.18 Å². The summed E-state index contributed by atoms with van der Waals surface area (Å²) >= 11 is 0. The van der Waals surface area contributed by atoms with Crippen LogP contribution in [-0.2, 0) is 12.7 Å². The molecule has 2 heterocycles. The average molecular weight is 346 g/mol. The van der Waals surface area contributed by atoms with E-state index in [-0.39, 0.29) is 0 Å². The first-order chi connectivity index (χ1) is 12.0. The number of halogens is 3. The number of hydrogen-bond acceptors (Lipinski definition) is 4. The third-order valence-corrected chi connectivity index (χ3v) is 4.18. The summed E-state index contributed by atoms with van der Waals surface area (Å²) in [4.78, 5) is 7.84. The van der Waals surface area contributed by atoms with Crippen molar-refractivity contribution in [1.29, 1.82) is 5.26 Å². The van der Waals surface area contributed by atoms with Gasteiger partial charge in [0.1, 0.15) is 11.5 Å². The second-order valence-corrected chi connectivity index (χ2v) is 5.95. The van der Waals surface area contributed by atoms with E-state index in [9.17, 15) is 13.2 Å². The molecule has 0 saturated carbocycles. The molecule has 4 nitrogen and oxygen atoms in total. The summed E-state index contributed by atoms with van der Waals surface area (Å²) in [6.45, 7) is 3.42. The number of rotatable bonds is 3. The first-order valence-corrected chi connectivity index (χ1v) is 7.96. The molecule has 0 aliphatic carbocycles. The SMILES string of the molecule is N#Cc1cccc(CN2CCN(c3cccc(C(F)(F)F)n3)CC2)c1. The molecule has 0 atom stereocenters. The van der Waals surface area contributed by atoms with Crippen LogP contribution in [0.2, 0.25) is 0 Å². The van der Waals surface area contributed by atoms with Crippen molar-refractivity contribution in [3.05, 3.63) is 59.3 Å². The van der Waals surface area contributed by atoms with Gasteiger partial charge in [-0.2, -0.15) is 18.4 Å². The molecule has 25 heavy (non-hydrogen) atoms. The Balaban J connectivity index is 1.61. The van der Waals surface area contributed by atoms with Gasteiger partial charge in [0.05, 0.1) is 11.6 Å². The summed E-state index contributed by atoms with van der Waals surface area (Å²) in [6, 6.07) is 13.6. The number of hydrogen-bond donors (Lipinski definition) is 0. The first kappa shape index (κ1) is 17.2. The lowest BCUT2D eigenvalue weighted by molar-refractivity contribution is -0.141.